The van der Waals surface area contributed by atoms with Crippen molar-refractivity contribution < 1.29 is 31.1 Å². The monoisotopic (exact) mass is 524 g/mol. The topological polar surface area (TPSA) is 114 Å². The lowest BCUT2D eigenvalue weighted by Gasteiger charge is -2.33. The van der Waals surface area contributed by atoms with E-state index in [9.17, 15) is 31.6 Å². The fourth-order valence-electron chi connectivity index (χ4n) is 4.86. The van der Waals surface area contributed by atoms with Gasteiger partial charge in [0.05, 0.1) is 23.3 Å². The molecule has 1 amide bonds. The van der Waals surface area contributed by atoms with Crippen LogP contribution in [0.4, 0.5) is 13.2 Å². The Morgan fingerprint density at radius 3 is 2.61 bits per heavy atom. The highest BCUT2D eigenvalue weighted by Gasteiger charge is 2.41. The molecule has 1 aromatic heterocycles. The standard InChI is InChI=1S/C24H27F3N4O4S/c1-14(2)31-20-11-15(22(32)29-24(13-28)7-9-36(33,34)10-8-24)3-5-17(20)21(30-31)18-12-16(35-23(26)27)4-6-19(18)25/h4,6,12,14-15,23H,3,5,7-11H2,1-2H3,(H,29,32)/t15-/m1/s1. The van der Waals surface area contributed by atoms with Gasteiger partial charge in [0, 0.05) is 35.2 Å². The van der Waals surface area contributed by atoms with E-state index in [1.807, 2.05) is 13.8 Å². The number of fused-ring (bicyclic) bond motifs is 1. The highest BCUT2D eigenvalue weighted by Crippen LogP contribution is 2.37. The summed E-state index contributed by atoms with van der Waals surface area (Å²) in [5.74, 6) is -1.94. The Morgan fingerprint density at radius 2 is 2.00 bits per heavy atom. The van der Waals surface area contributed by atoms with Crippen LogP contribution in [0, 0.1) is 23.1 Å². The van der Waals surface area contributed by atoms with E-state index in [1.165, 1.54) is 6.07 Å². The zero-order valence-electron chi connectivity index (χ0n) is 19.9. The first-order chi connectivity index (χ1) is 16.9. The highest BCUT2D eigenvalue weighted by atomic mass is 32.2. The number of alkyl halides is 2. The Balaban J connectivity index is 1.61. The molecule has 194 valence electrons. The Kier molecular flexibility index (Phi) is 7.05. The molecule has 0 radical (unpaired) electrons. The van der Waals surface area contributed by atoms with Crippen LogP contribution in [0.5, 0.6) is 5.75 Å². The van der Waals surface area contributed by atoms with E-state index in [0.29, 0.717) is 25.0 Å². The minimum absolute atomic E-state index is 0.0403. The normalized spacial score (nSPS) is 20.6. The van der Waals surface area contributed by atoms with Gasteiger partial charge in [-0.3, -0.25) is 9.48 Å². The van der Waals surface area contributed by atoms with Gasteiger partial charge in [0.2, 0.25) is 5.91 Å². The second kappa shape index (κ2) is 9.76. The number of nitriles is 1. The van der Waals surface area contributed by atoms with Crippen molar-refractivity contribution in [3.63, 3.8) is 0 Å². The molecule has 1 aliphatic heterocycles. The minimum Gasteiger partial charge on any atom is -0.435 e. The maximum atomic E-state index is 14.7. The van der Waals surface area contributed by atoms with Crippen molar-refractivity contribution in [2.24, 2.45) is 5.92 Å². The minimum atomic E-state index is -3.21. The summed E-state index contributed by atoms with van der Waals surface area (Å²) >= 11 is 0. The maximum absolute atomic E-state index is 14.7. The first kappa shape index (κ1) is 26.0. The maximum Gasteiger partial charge on any atom is 0.387 e. The predicted octanol–water partition coefficient (Wildman–Crippen LogP) is 3.56. The van der Waals surface area contributed by atoms with Gasteiger partial charge in [-0.1, -0.05) is 0 Å². The smallest absolute Gasteiger partial charge is 0.387 e. The molecule has 8 nitrogen and oxygen atoms in total. The highest BCUT2D eigenvalue weighted by molar-refractivity contribution is 7.91. The number of amides is 1. The molecule has 0 unspecified atom stereocenters. The number of sulfone groups is 1. The molecule has 0 spiro atoms. The Labute approximate surface area is 207 Å². The number of benzene rings is 1. The third-order valence-corrected chi connectivity index (χ3v) is 8.49. The van der Waals surface area contributed by atoms with E-state index in [0.717, 1.165) is 23.4 Å². The number of rotatable bonds is 6. The van der Waals surface area contributed by atoms with Crippen molar-refractivity contribution in [2.75, 3.05) is 11.5 Å². The van der Waals surface area contributed by atoms with Crippen LogP contribution < -0.4 is 10.1 Å². The van der Waals surface area contributed by atoms with Crippen molar-refractivity contribution in [1.82, 2.24) is 15.1 Å². The summed E-state index contributed by atoms with van der Waals surface area (Å²) in [4.78, 5) is 13.2. The molecule has 1 aliphatic carbocycles. The van der Waals surface area contributed by atoms with Gasteiger partial charge in [-0.05, 0) is 57.7 Å². The molecule has 4 rings (SSSR count). The number of carbonyl (C=O) groups is 1. The zero-order valence-corrected chi connectivity index (χ0v) is 20.7. The van der Waals surface area contributed by atoms with Gasteiger partial charge in [-0.2, -0.15) is 19.1 Å². The number of carbonyl (C=O) groups excluding carboxylic acids is 1. The molecule has 1 atom stereocenters. The van der Waals surface area contributed by atoms with E-state index >= 15 is 0 Å². The van der Waals surface area contributed by atoms with Crippen molar-refractivity contribution >= 4 is 15.7 Å². The summed E-state index contributed by atoms with van der Waals surface area (Å²) in [6, 6.07) is 5.36. The third-order valence-electron chi connectivity index (χ3n) is 6.84. The second-order valence-electron chi connectivity index (χ2n) is 9.61. The van der Waals surface area contributed by atoms with Crippen LogP contribution in [-0.4, -0.2) is 47.8 Å². The number of halogens is 3. The van der Waals surface area contributed by atoms with Crippen LogP contribution in [0.15, 0.2) is 18.2 Å². The van der Waals surface area contributed by atoms with Gasteiger partial charge in [-0.15, -0.1) is 0 Å². The lowest BCUT2D eigenvalue weighted by molar-refractivity contribution is -0.126. The van der Waals surface area contributed by atoms with Gasteiger partial charge < -0.3 is 10.1 Å². The first-order valence-electron chi connectivity index (χ1n) is 11.7. The Bertz CT molecular complexity index is 1300. The Hall–Kier alpha value is -3.07. The van der Waals surface area contributed by atoms with E-state index in [1.54, 1.807) is 4.68 Å². The molecule has 1 fully saturated rings. The molecule has 0 bridgehead atoms. The lowest BCUT2D eigenvalue weighted by atomic mass is 9.84. The number of ether oxygens (including phenoxy) is 1. The molecule has 1 N–H and O–H groups in total. The van der Waals surface area contributed by atoms with Crippen LogP contribution in [-0.2, 0) is 27.5 Å². The summed E-state index contributed by atoms with van der Waals surface area (Å²) in [5.41, 5.74) is 0.613. The molecule has 0 saturated carbocycles. The van der Waals surface area contributed by atoms with Crippen LogP contribution in [0.25, 0.3) is 11.3 Å². The molecule has 36 heavy (non-hydrogen) atoms. The van der Waals surface area contributed by atoms with Gasteiger partial charge >= 0.3 is 6.61 Å². The summed E-state index contributed by atoms with van der Waals surface area (Å²) in [6.07, 6.45) is 1.17. The average Bonchev–Trinajstić information content (AvgIpc) is 3.20. The molecule has 12 heteroatoms. The molecule has 2 aromatic rings. The van der Waals surface area contributed by atoms with E-state index in [2.05, 4.69) is 21.2 Å². The molecule has 1 saturated heterocycles. The fraction of sp³-hybridized carbons (Fsp3) is 0.542. The first-order valence-corrected chi connectivity index (χ1v) is 13.5. The van der Waals surface area contributed by atoms with Gasteiger partial charge in [0.25, 0.3) is 0 Å². The number of nitrogens with one attached hydrogen (secondary N) is 1. The van der Waals surface area contributed by atoms with Gasteiger partial charge in [-0.25, -0.2) is 12.8 Å². The fourth-order valence-corrected chi connectivity index (χ4v) is 6.38. The van der Waals surface area contributed by atoms with Crippen molar-refractivity contribution in [3.05, 3.63) is 35.3 Å². The summed E-state index contributed by atoms with van der Waals surface area (Å²) in [7, 11) is -3.21. The van der Waals surface area contributed by atoms with Crippen molar-refractivity contribution in [2.45, 2.75) is 64.1 Å². The van der Waals surface area contributed by atoms with E-state index < -0.39 is 33.7 Å². The molecular weight excluding hydrogens is 497 g/mol. The third kappa shape index (κ3) is 5.21. The largest absolute Gasteiger partial charge is 0.435 e. The summed E-state index contributed by atoms with van der Waals surface area (Å²) in [5, 5.41) is 17.1. The van der Waals surface area contributed by atoms with Crippen molar-refractivity contribution in [3.8, 4) is 23.1 Å². The number of hydrogen-bond donors (Lipinski definition) is 1. The molecule has 2 aliphatic rings. The Morgan fingerprint density at radius 1 is 1.31 bits per heavy atom. The average molecular weight is 525 g/mol. The zero-order chi connectivity index (χ0) is 26.3. The quantitative estimate of drug-likeness (QED) is 0.618. The van der Waals surface area contributed by atoms with E-state index in [4.69, 9.17) is 0 Å². The SMILES string of the molecule is CC(C)n1nc(-c2cc(OC(F)F)ccc2F)c2c1C[C@H](C(=O)NC1(C#N)CCS(=O)(=O)CC1)CC2. The number of nitrogens with zero attached hydrogens (tertiary/aromatic N) is 3. The van der Waals surface area contributed by atoms with Crippen LogP contribution in [0.3, 0.4) is 0 Å². The van der Waals surface area contributed by atoms with Crippen LogP contribution >= 0.6 is 0 Å². The van der Waals surface area contributed by atoms with E-state index in [-0.39, 0.29) is 47.6 Å². The summed E-state index contributed by atoms with van der Waals surface area (Å²) in [6.45, 7) is 0.729. The summed E-state index contributed by atoms with van der Waals surface area (Å²) < 4.78 is 69.9. The van der Waals surface area contributed by atoms with Gasteiger partial charge in [0.1, 0.15) is 17.1 Å². The molecular formula is C24H27F3N4O4S. The number of aromatic nitrogens is 2. The predicted molar refractivity (Wildman–Crippen MR) is 125 cm³/mol. The lowest BCUT2D eigenvalue weighted by Crippen LogP contribution is -2.54. The van der Waals surface area contributed by atoms with Crippen LogP contribution in [0.2, 0.25) is 0 Å². The second-order valence-corrected chi connectivity index (χ2v) is 11.9. The van der Waals surface area contributed by atoms with Crippen molar-refractivity contribution in [1.29, 1.82) is 5.26 Å². The van der Waals surface area contributed by atoms with Crippen LogP contribution in [0.1, 0.15) is 50.4 Å². The molecule has 2 heterocycles. The number of hydrogen-bond acceptors (Lipinski definition) is 6. The molecule has 1 aromatic carbocycles. The van der Waals surface area contributed by atoms with Gasteiger partial charge in [0.15, 0.2) is 9.84 Å².